The van der Waals surface area contributed by atoms with E-state index in [2.05, 4.69) is 24.1 Å². The van der Waals surface area contributed by atoms with Crippen LogP contribution in [0, 0.1) is 23.7 Å². The Balaban J connectivity index is 2.00. The molecule has 1 aromatic carbocycles. The lowest BCUT2D eigenvalue weighted by Crippen LogP contribution is -2.30. The van der Waals surface area contributed by atoms with Crippen molar-refractivity contribution in [1.29, 1.82) is 0 Å². The van der Waals surface area contributed by atoms with Crippen molar-refractivity contribution in [3.63, 3.8) is 0 Å². The molecule has 0 heterocycles. The van der Waals surface area contributed by atoms with Gasteiger partial charge in [-0.1, -0.05) is 43.7 Å². The summed E-state index contributed by atoms with van der Waals surface area (Å²) < 4.78 is 0. The molecule has 1 aliphatic rings. The highest BCUT2D eigenvalue weighted by Crippen LogP contribution is 2.30. The number of hydrogen-bond donors (Lipinski definition) is 2. The number of benzene rings is 1. The average Bonchev–Trinajstić information content (AvgIpc) is 2.91. The molecule has 0 saturated heterocycles. The summed E-state index contributed by atoms with van der Waals surface area (Å²) in [6.45, 7) is 3.05. The van der Waals surface area contributed by atoms with Gasteiger partial charge in [0.05, 0.1) is 12.2 Å². The fourth-order valence-electron chi connectivity index (χ4n) is 2.85. The van der Waals surface area contributed by atoms with Gasteiger partial charge in [0.25, 0.3) is 5.91 Å². The summed E-state index contributed by atoms with van der Waals surface area (Å²) in [5.74, 6) is 7.08. The molecule has 3 heteroatoms. The summed E-state index contributed by atoms with van der Waals surface area (Å²) in [6, 6.07) is 7.37. The third kappa shape index (κ3) is 4.34. The lowest BCUT2D eigenvalue weighted by atomic mass is 9.98. The normalized spacial score (nSPS) is 20.7. The predicted molar refractivity (Wildman–Crippen MR) is 83.9 cm³/mol. The van der Waals surface area contributed by atoms with Gasteiger partial charge in [0, 0.05) is 18.5 Å². The quantitative estimate of drug-likeness (QED) is 0.835. The highest BCUT2D eigenvalue weighted by molar-refractivity contribution is 5.96. The minimum atomic E-state index is -0.0528. The Hall–Kier alpha value is -1.79. The second kappa shape index (κ2) is 7.85. The first kappa shape index (κ1) is 15.6. The van der Waals surface area contributed by atoms with E-state index >= 15 is 0 Å². The fourth-order valence-corrected chi connectivity index (χ4v) is 2.85. The molecule has 2 N–H and O–H groups in total. The van der Waals surface area contributed by atoms with Gasteiger partial charge in [-0.05, 0) is 30.4 Å². The van der Waals surface area contributed by atoms with Crippen LogP contribution in [0.5, 0.6) is 0 Å². The number of aliphatic hydroxyl groups excluding tert-OH is 1. The molecule has 0 aliphatic heterocycles. The zero-order chi connectivity index (χ0) is 15.1. The Kier molecular flexibility index (Phi) is 5.83. The van der Waals surface area contributed by atoms with Crippen LogP contribution in [0.2, 0.25) is 0 Å². The zero-order valence-corrected chi connectivity index (χ0v) is 12.6. The first-order chi connectivity index (χ1) is 10.2. The van der Waals surface area contributed by atoms with E-state index in [9.17, 15) is 4.79 Å². The maximum Gasteiger partial charge on any atom is 0.252 e. The highest BCUT2D eigenvalue weighted by atomic mass is 16.2. The SMILES string of the molecule is CC1CCCC1CNC(=O)c1ccccc1C#CCCO. The average molecular weight is 285 g/mol. The third-order valence-corrected chi connectivity index (χ3v) is 4.20. The second-order valence-corrected chi connectivity index (χ2v) is 5.70. The molecule has 2 unspecified atom stereocenters. The van der Waals surface area contributed by atoms with Gasteiger partial charge in [0.1, 0.15) is 0 Å². The molecule has 1 fully saturated rings. The van der Waals surface area contributed by atoms with E-state index in [0.717, 1.165) is 12.1 Å². The van der Waals surface area contributed by atoms with Crippen molar-refractivity contribution in [3.05, 3.63) is 35.4 Å². The Bertz CT molecular complexity index is 542. The number of hydrogen-bond acceptors (Lipinski definition) is 2. The van der Waals surface area contributed by atoms with Gasteiger partial charge in [0.15, 0.2) is 0 Å². The second-order valence-electron chi connectivity index (χ2n) is 5.70. The van der Waals surface area contributed by atoms with Crippen LogP contribution in [-0.4, -0.2) is 24.2 Å². The Morgan fingerprint density at radius 3 is 2.90 bits per heavy atom. The van der Waals surface area contributed by atoms with E-state index in [4.69, 9.17) is 5.11 Å². The van der Waals surface area contributed by atoms with Crippen LogP contribution in [0.3, 0.4) is 0 Å². The predicted octanol–water partition coefficient (Wildman–Crippen LogP) is 2.59. The molecule has 2 rings (SSSR count). The summed E-state index contributed by atoms with van der Waals surface area (Å²) in [5.41, 5.74) is 1.34. The molecule has 0 bridgehead atoms. The largest absolute Gasteiger partial charge is 0.395 e. The Labute approximate surface area is 126 Å². The molecule has 0 aromatic heterocycles. The number of aliphatic hydroxyl groups is 1. The first-order valence-electron chi connectivity index (χ1n) is 7.69. The summed E-state index contributed by atoms with van der Waals surface area (Å²) in [5, 5.41) is 11.8. The standard InChI is InChI=1S/C18H23NO2/c1-14-7-6-10-16(14)13-19-18(21)17-11-3-2-8-15(17)9-4-5-12-20/h2-3,8,11,14,16,20H,5-7,10,12-13H2,1H3,(H,19,21). The minimum Gasteiger partial charge on any atom is -0.395 e. The third-order valence-electron chi connectivity index (χ3n) is 4.20. The highest BCUT2D eigenvalue weighted by Gasteiger charge is 2.23. The molecular weight excluding hydrogens is 262 g/mol. The minimum absolute atomic E-state index is 0.0426. The van der Waals surface area contributed by atoms with E-state index in [1.54, 1.807) is 6.07 Å². The van der Waals surface area contributed by atoms with E-state index in [0.29, 0.717) is 23.8 Å². The van der Waals surface area contributed by atoms with Gasteiger partial charge in [-0.25, -0.2) is 0 Å². The Morgan fingerprint density at radius 2 is 2.19 bits per heavy atom. The lowest BCUT2D eigenvalue weighted by molar-refractivity contribution is 0.0944. The fraction of sp³-hybridized carbons (Fsp3) is 0.500. The van der Waals surface area contributed by atoms with Gasteiger partial charge >= 0.3 is 0 Å². The van der Waals surface area contributed by atoms with Crippen LogP contribution in [0.1, 0.15) is 48.5 Å². The summed E-state index contributed by atoms with van der Waals surface area (Å²) in [6.07, 6.45) is 4.17. The van der Waals surface area contributed by atoms with Crippen LogP contribution in [0.4, 0.5) is 0 Å². The van der Waals surface area contributed by atoms with E-state index < -0.39 is 0 Å². The van der Waals surface area contributed by atoms with Crippen LogP contribution < -0.4 is 5.32 Å². The number of nitrogens with one attached hydrogen (secondary N) is 1. The maximum atomic E-state index is 12.3. The molecule has 1 aliphatic carbocycles. The topological polar surface area (TPSA) is 49.3 Å². The summed E-state index contributed by atoms with van der Waals surface area (Å²) >= 11 is 0. The van der Waals surface area contributed by atoms with Gasteiger partial charge in [-0.2, -0.15) is 0 Å². The van der Waals surface area contributed by atoms with Crippen molar-refractivity contribution in [2.45, 2.75) is 32.6 Å². The first-order valence-corrected chi connectivity index (χ1v) is 7.69. The van der Waals surface area contributed by atoms with Crippen LogP contribution >= 0.6 is 0 Å². The summed E-state index contributed by atoms with van der Waals surface area (Å²) in [7, 11) is 0. The van der Waals surface area contributed by atoms with Crippen LogP contribution in [0.15, 0.2) is 24.3 Å². The van der Waals surface area contributed by atoms with E-state index in [1.165, 1.54) is 19.3 Å². The molecule has 112 valence electrons. The van der Waals surface area contributed by atoms with Crippen LogP contribution in [0.25, 0.3) is 0 Å². The number of carbonyl (C=O) groups excluding carboxylic acids is 1. The van der Waals surface area contributed by atoms with Crippen LogP contribution in [-0.2, 0) is 0 Å². The molecule has 3 nitrogen and oxygen atoms in total. The molecule has 21 heavy (non-hydrogen) atoms. The van der Waals surface area contributed by atoms with Crippen molar-refractivity contribution in [2.24, 2.45) is 11.8 Å². The van der Waals surface area contributed by atoms with Crippen molar-refractivity contribution in [3.8, 4) is 11.8 Å². The molecule has 2 atom stereocenters. The maximum absolute atomic E-state index is 12.3. The number of amides is 1. The van der Waals surface area contributed by atoms with E-state index in [-0.39, 0.29) is 12.5 Å². The summed E-state index contributed by atoms with van der Waals surface area (Å²) in [4.78, 5) is 12.3. The smallest absolute Gasteiger partial charge is 0.252 e. The molecular formula is C18H23NO2. The monoisotopic (exact) mass is 285 g/mol. The number of rotatable bonds is 4. The van der Waals surface area contributed by atoms with Gasteiger partial charge in [-0.3, -0.25) is 4.79 Å². The lowest BCUT2D eigenvalue weighted by Gasteiger charge is -2.16. The van der Waals surface area contributed by atoms with Gasteiger partial charge < -0.3 is 10.4 Å². The molecule has 0 radical (unpaired) electrons. The van der Waals surface area contributed by atoms with Crippen molar-refractivity contribution < 1.29 is 9.90 Å². The molecule has 1 aromatic rings. The molecule has 1 saturated carbocycles. The van der Waals surface area contributed by atoms with Gasteiger partial charge in [-0.15, -0.1) is 0 Å². The molecule has 0 spiro atoms. The van der Waals surface area contributed by atoms with E-state index in [1.807, 2.05) is 18.2 Å². The Morgan fingerprint density at radius 1 is 1.38 bits per heavy atom. The van der Waals surface area contributed by atoms with Crippen molar-refractivity contribution in [1.82, 2.24) is 5.32 Å². The van der Waals surface area contributed by atoms with Gasteiger partial charge in [0.2, 0.25) is 0 Å². The van der Waals surface area contributed by atoms with Crippen molar-refractivity contribution >= 4 is 5.91 Å². The number of carbonyl (C=O) groups is 1. The van der Waals surface area contributed by atoms with Crippen molar-refractivity contribution in [2.75, 3.05) is 13.2 Å². The molecule has 1 amide bonds. The zero-order valence-electron chi connectivity index (χ0n) is 12.6.